The molecule has 2 aromatic rings. The fourth-order valence-electron chi connectivity index (χ4n) is 2.64. The van der Waals surface area contributed by atoms with Gasteiger partial charge in [-0.05, 0) is 49.1 Å². The van der Waals surface area contributed by atoms with Crippen molar-refractivity contribution in [3.8, 4) is 5.75 Å². The van der Waals surface area contributed by atoms with Crippen molar-refractivity contribution in [1.82, 2.24) is 5.32 Å². The number of hydrogen-bond donors (Lipinski definition) is 2. The van der Waals surface area contributed by atoms with Gasteiger partial charge in [-0.2, -0.15) is 0 Å². The third-order valence-corrected chi connectivity index (χ3v) is 4.24. The highest BCUT2D eigenvalue weighted by atomic mass is 19.1. The number of primary amides is 1. The molecule has 0 heterocycles. The minimum absolute atomic E-state index is 0.157. The summed E-state index contributed by atoms with van der Waals surface area (Å²) in [5.41, 5.74) is 7.26. The van der Waals surface area contributed by atoms with E-state index < -0.39 is 11.8 Å². The number of nitrogens with two attached hydrogens (primary N) is 1. The first-order valence-corrected chi connectivity index (χ1v) is 8.94. The highest BCUT2D eigenvalue weighted by molar-refractivity contribution is 5.79. The van der Waals surface area contributed by atoms with Crippen LogP contribution in [0.5, 0.6) is 5.75 Å². The van der Waals surface area contributed by atoms with E-state index >= 15 is 0 Å². The number of hydrogen-bond acceptors (Lipinski definition) is 3. The predicted octanol–water partition coefficient (Wildman–Crippen LogP) is 2.75. The molecule has 2 amide bonds. The monoisotopic (exact) mass is 372 g/mol. The molecule has 3 N–H and O–H groups in total. The van der Waals surface area contributed by atoms with Crippen LogP contribution in [0.2, 0.25) is 0 Å². The number of para-hydroxylation sites is 1. The van der Waals surface area contributed by atoms with Crippen molar-refractivity contribution in [3.63, 3.8) is 0 Å². The van der Waals surface area contributed by atoms with E-state index in [1.54, 1.807) is 12.1 Å². The van der Waals surface area contributed by atoms with E-state index in [1.165, 1.54) is 12.1 Å². The normalized spacial score (nSPS) is 11.6. The molecule has 0 saturated carbocycles. The largest absolute Gasteiger partial charge is 0.493 e. The van der Waals surface area contributed by atoms with Gasteiger partial charge < -0.3 is 15.8 Å². The topological polar surface area (TPSA) is 81.4 Å². The lowest BCUT2D eigenvalue weighted by Gasteiger charge is -2.15. The van der Waals surface area contributed by atoms with Gasteiger partial charge >= 0.3 is 0 Å². The molecule has 0 fully saturated rings. The zero-order valence-corrected chi connectivity index (χ0v) is 15.4. The predicted molar refractivity (Wildman–Crippen MR) is 102 cm³/mol. The first-order chi connectivity index (χ1) is 13.0. The van der Waals surface area contributed by atoms with Gasteiger partial charge in [0.15, 0.2) is 0 Å². The summed E-state index contributed by atoms with van der Waals surface area (Å²) in [6.45, 7) is 2.56. The van der Waals surface area contributed by atoms with Gasteiger partial charge in [-0.3, -0.25) is 9.59 Å². The van der Waals surface area contributed by atoms with Crippen LogP contribution in [-0.2, 0) is 16.0 Å². The molecule has 0 spiro atoms. The zero-order chi connectivity index (χ0) is 19.6. The smallest absolute Gasteiger partial charge is 0.222 e. The van der Waals surface area contributed by atoms with Gasteiger partial charge in [0.25, 0.3) is 0 Å². The Balaban J connectivity index is 1.71. The molecule has 2 rings (SSSR count). The summed E-state index contributed by atoms with van der Waals surface area (Å²) >= 11 is 0. The van der Waals surface area contributed by atoms with Crippen LogP contribution in [0, 0.1) is 18.7 Å². The molecule has 0 saturated heterocycles. The lowest BCUT2D eigenvalue weighted by atomic mass is 9.98. The van der Waals surface area contributed by atoms with Crippen LogP contribution in [-0.4, -0.2) is 25.0 Å². The number of halogens is 1. The maximum atomic E-state index is 13.0. The number of amides is 2. The van der Waals surface area contributed by atoms with Crippen LogP contribution >= 0.6 is 0 Å². The molecule has 0 aromatic heterocycles. The lowest BCUT2D eigenvalue weighted by Crippen LogP contribution is -2.37. The number of nitrogens with one attached hydrogen (secondary N) is 1. The number of carbonyl (C=O) groups is 2. The van der Waals surface area contributed by atoms with Crippen LogP contribution in [0.25, 0.3) is 0 Å². The summed E-state index contributed by atoms with van der Waals surface area (Å²) in [6, 6.07) is 13.6. The molecular formula is C21H25FN2O3. The average molecular weight is 372 g/mol. The Morgan fingerprint density at radius 2 is 1.85 bits per heavy atom. The third kappa shape index (κ3) is 7.09. The summed E-state index contributed by atoms with van der Waals surface area (Å²) in [7, 11) is 0. The molecule has 6 heteroatoms. The van der Waals surface area contributed by atoms with Crippen molar-refractivity contribution in [1.29, 1.82) is 0 Å². The Morgan fingerprint density at radius 1 is 1.15 bits per heavy atom. The van der Waals surface area contributed by atoms with Crippen LogP contribution in [0.15, 0.2) is 48.5 Å². The Kier molecular flexibility index (Phi) is 7.79. The van der Waals surface area contributed by atoms with Crippen molar-refractivity contribution >= 4 is 11.8 Å². The maximum absolute atomic E-state index is 13.0. The van der Waals surface area contributed by atoms with E-state index in [0.717, 1.165) is 16.9 Å². The van der Waals surface area contributed by atoms with Crippen LogP contribution in [0.1, 0.15) is 24.0 Å². The van der Waals surface area contributed by atoms with Crippen molar-refractivity contribution in [3.05, 3.63) is 65.5 Å². The van der Waals surface area contributed by atoms with Gasteiger partial charge in [0.1, 0.15) is 11.6 Å². The van der Waals surface area contributed by atoms with Gasteiger partial charge in [0, 0.05) is 13.0 Å². The minimum Gasteiger partial charge on any atom is -0.493 e. The number of benzene rings is 2. The molecule has 2 aromatic carbocycles. The van der Waals surface area contributed by atoms with Gasteiger partial charge in [-0.15, -0.1) is 0 Å². The van der Waals surface area contributed by atoms with Crippen molar-refractivity contribution in [2.24, 2.45) is 11.7 Å². The van der Waals surface area contributed by atoms with Crippen LogP contribution in [0.4, 0.5) is 4.39 Å². The molecule has 144 valence electrons. The highest BCUT2D eigenvalue weighted by Crippen LogP contribution is 2.16. The van der Waals surface area contributed by atoms with Crippen molar-refractivity contribution < 1.29 is 18.7 Å². The second-order valence-corrected chi connectivity index (χ2v) is 6.45. The second-order valence-electron chi connectivity index (χ2n) is 6.45. The highest BCUT2D eigenvalue weighted by Gasteiger charge is 2.17. The van der Waals surface area contributed by atoms with E-state index in [-0.39, 0.29) is 18.3 Å². The summed E-state index contributed by atoms with van der Waals surface area (Å²) in [5.74, 6) is -0.722. The fraction of sp³-hybridized carbons (Fsp3) is 0.333. The Morgan fingerprint density at radius 3 is 2.52 bits per heavy atom. The van der Waals surface area contributed by atoms with Gasteiger partial charge in [-0.1, -0.05) is 30.3 Å². The van der Waals surface area contributed by atoms with E-state index in [0.29, 0.717) is 25.9 Å². The lowest BCUT2D eigenvalue weighted by molar-refractivity contribution is -0.123. The van der Waals surface area contributed by atoms with Gasteiger partial charge in [-0.25, -0.2) is 4.39 Å². The molecular weight excluding hydrogens is 347 g/mol. The standard InChI is InChI=1S/C21H25FN2O3/c1-15-5-2-3-6-19(15)27-12-4-7-20(25)24-14-17(21(23)26)13-16-8-10-18(22)11-9-16/h2-3,5-6,8-11,17H,4,7,12-14H2,1H3,(H2,23,26)(H,24,25). The van der Waals surface area contributed by atoms with E-state index in [1.807, 2.05) is 31.2 Å². The van der Waals surface area contributed by atoms with E-state index in [2.05, 4.69) is 5.32 Å². The molecule has 1 atom stereocenters. The Labute approximate surface area is 158 Å². The molecule has 5 nitrogen and oxygen atoms in total. The van der Waals surface area contributed by atoms with E-state index in [4.69, 9.17) is 10.5 Å². The van der Waals surface area contributed by atoms with Crippen molar-refractivity contribution in [2.75, 3.05) is 13.2 Å². The molecule has 0 aliphatic carbocycles. The molecule has 0 aliphatic rings. The summed E-state index contributed by atoms with van der Waals surface area (Å²) < 4.78 is 18.6. The SMILES string of the molecule is Cc1ccccc1OCCCC(=O)NCC(Cc1ccc(F)cc1)C(N)=O. The summed E-state index contributed by atoms with van der Waals surface area (Å²) in [4.78, 5) is 23.6. The number of carbonyl (C=O) groups excluding carboxylic acids is 2. The van der Waals surface area contributed by atoms with Crippen LogP contribution < -0.4 is 15.8 Å². The average Bonchev–Trinajstić information content (AvgIpc) is 2.65. The number of rotatable bonds is 10. The van der Waals surface area contributed by atoms with E-state index in [9.17, 15) is 14.0 Å². The second kappa shape index (κ2) is 10.3. The quantitative estimate of drug-likeness (QED) is 0.629. The zero-order valence-electron chi connectivity index (χ0n) is 15.4. The number of aryl methyl sites for hydroxylation is 1. The molecule has 1 unspecified atom stereocenters. The summed E-state index contributed by atoms with van der Waals surface area (Å²) in [6.07, 6.45) is 1.22. The Bertz CT molecular complexity index is 762. The maximum Gasteiger partial charge on any atom is 0.222 e. The third-order valence-electron chi connectivity index (χ3n) is 4.24. The summed E-state index contributed by atoms with van der Waals surface area (Å²) in [5, 5.41) is 2.74. The van der Waals surface area contributed by atoms with Crippen molar-refractivity contribution in [2.45, 2.75) is 26.2 Å². The molecule has 0 aliphatic heterocycles. The molecule has 0 radical (unpaired) electrons. The van der Waals surface area contributed by atoms with Gasteiger partial charge in [0.2, 0.25) is 11.8 Å². The fourth-order valence-corrected chi connectivity index (χ4v) is 2.64. The number of ether oxygens (including phenoxy) is 1. The molecule has 0 bridgehead atoms. The first-order valence-electron chi connectivity index (χ1n) is 8.94. The minimum atomic E-state index is -0.539. The molecule has 27 heavy (non-hydrogen) atoms. The Hall–Kier alpha value is -2.89. The van der Waals surface area contributed by atoms with Crippen LogP contribution in [0.3, 0.4) is 0 Å². The first kappa shape index (κ1) is 20.4. The van der Waals surface area contributed by atoms with Gasteiger partial charge in [0.05, 0.1) is 12.5 Å².